The standard InChI is InChI=1S/C11H19N3O4/c12-9(15)7-14(8-11(17)18)10(16)3-6-13-4-1-2-5-13/h1-8H2,(H2,12,15)(H,17,18). The molecule has 1 aliphatic heterocycles. The lowest BCUT2D eigenvalue weighted by Crippen LogP contribution is -2.42. The Morgan fingerprint density at radius 1 is 1.17 bits per heavy atom. The van der Waals surface area contributed by atoms with Gasteiger partial charge in [0.1, 0.15) is 6.54 Å². The number of carboxylic acid groups (broad SMARTS) is 1. The summed E-state index contributed by atoms with van der Waals surface area (Å²) in [6.07, 6.45) is 2.49. The van der Waals surface area contributed by atoms with Crippen LogP contribution in [0.25, 0.3) is 0 Å². The molecule has 0 aromatic rings. The van der Waals surface area contributed by atoms with E-state index in [0.29, 0.717) is 6.54 Å². The summed E-state index contributed by atoms with van der Waals surface area (Å²) in [5.41, 5.74) is 4.99. The topological polar surface area (TPSA) is 104 Å². The summed E-state index contributed by atoms with van der Waals surface area (Å²) >= 11 is 0. The van der Waals surface area contributed by atoms with Gasteiger partial charge in [-0.25, -0.2) is 0 Å². The normalized spacial score (nSPS) is 15.6. The number of likely N-dealkylation sites (tertiary alicyclic amines) is 1. The quantitative estimate of drug-likeness (QED) is 0.600. The van der Waals surface area contributed by atoms with Crippen LogP contribution in [0, 0.1) is 0 Å². The molecule has 1 aliphatic rings. The van der Waals surface area contributed by atoms with Crippen LogP contribution in [0.1, 0.15) is 19.3 Å². The van der Waals surface area contributed by atoms with E-state index < -0.39 is 18.4 Å². The van der Waals surface area contributed by atoms with Crippen LogP contribution >= 0.6 is 0 Å². The number of carboxylic acids is 1. The van der Waals surface area contributed by atoms with Gasteiger partial charge in [-0.3, -0.25) is 14.4 Å². The van der Waals surface area contributed by atoms with Crippen LogP contribution in [0.5, 0.6) is 0 Å². The molecule has 1 heterocycles. The lowest BCUT2D eigenvalue weighted by atomic mass is 10.3. The van der Waals surface area contributed by atoms with Gasteiger partial charge in [0.2, 0.25) is 11.8 Å². The molecule has 0 bridgehead atoms. The SMILES string of the molecule is NC(=O)CN(CC(=O)O)C(=O)CCN1CCCC1. The number of nitrogens with two attached hydrogens (primary N) is 1. The van der Waals surface area contributed by atoms with Crippen LogP contribution < -0.4 is 5.73 Å². The minimum atomic E-state index is -1.15. The summed E-state index contributed by atoms with van der Waals surface area (Å²) in [6.45, 7) is 1.73. The van der Waals surface area contributed by atoms with Gasteiger partial charge in [-0.05, 0) is 25.9 Å². The first-order chi connectivity index (χ1) is 8.49. The summed E-state index contributed by atoms with van der Waals surface area (Å²) in [5, 5.41) is 8.67. The number of aliphatic carboxylic acids is 1. The third-order valence-electron chi connectivity index (χ3n) is 2.87. The van der Waals surface area contributed by atoms with Crippen LogP contribution in [-0.4, -0.2) is 65.4 Å². The molecule has 0 atom stereocenters. The van der Waals surface area contributed by atoms with E-state index in [0.717, 1.165) is 30.8 Å². The Bertz CT molecular complexity index is 310. The van der Waals surface area contributed by atoms with E-state index in [1.54, 1.807) is 0 Å². The van der Waals surface area contributed by atoms with Crippen molar-refractivity contribution in [3.8, 4) is 0 Å². The van der Waals surface area contributed by atoms with Crippen molar-refractivity contribution >= 4 is 17.8 Å². The maximum Gasteiger partial charge on any atom is 0.323 e. The fraction of sp³-hybridized carbons (Fsp3) is 0.727. The smallest absolute Gasteiger partial charge is 0.323 e. The molecule has 1 saturated heterocycles. The molecule has 7 nitrogen and oxygen atoms in total. The van der Waals surface area contributed by atoms with Crippen molar-refractivity contribution in [2.75, 3.05) is 32.7 Å². The van der Waals surface area contributed by atoms with E-state index in [9.17, 15) is 14.4 Å². The van der Waals surface area contributed by atoms with Crippen LogP contribution in [0.2, 0.25) is 0 Å². The molecule has 102 valence electrons. The second-order valence-electron chi connectivity index (χ2n) is 4.41. The Labute approximate surface area is 106 Å². The summed E-state index contributed by atoms with van der Waals surface area (Å²) in [7, 11) is 0. The predicted octanol–water partition coefficient (Wildman–Crippen LogP) is -1.13. The first-order valence-corrected chi connectivity index (χ1v) is 5.99. The lowest BCUT2D eigenvalue weighted by Gasteiger charge is -2.21. The molecule has 0 aliphatic carbocycles. The lowest BCUT2D eigenvalue weighted by molar-refractivity contribution is -0.145. The van der Waals surface area contributed by atoms with Gasteiger partial charge in [0, 0.05) is 13.0 Å². The van der Waals surface area contributed by atoms with E-state index in [4.69, 9.17) is 10.8 Å². The molecule has 0 radical (unpaired) electrons. The first kappa shape index (κ1) is 14.4. The number of rotatable bonds is 7. The van der Waals surface area contributed by atoms with Crippen molar-refractivity contribution in [2.45, 2.75) is 19.3 Å². The average Bonchev–Trinajstić information content (AvgIpc) is 2.76. The molecular formula is C11H19N3O4. The highest BCUT2D eigenvalue weighted by Crippen LogP contribution is 2.08. The number of amides is 2. The molecule has 0 aromatic carbocycles. The zero-order valence-corrected chi connectivity index (χ0v) is 10.3. The van der Waals surface area contributed by atoms with Crippen LogP contribution in [0.15, 0.2) is 0 Å². The Kier molecular flexibility index (Phi) is 5.57. The first-order valence-electron chi connectivity index (χ1n) is 5.99. The van der Waals surface area contributed by atoms with Crippen molar-refractivity contribution in [1.29, 1.82) is 0 Å². The number of hydrogen-bond acceptors (Lipinski definition) is 4. The number of carbonyl (C=O) groups excluding carboxylic acids is 2. The highest BCUT2D eigenvalue weighted by Gasteiger charge is 2.20. The van der Waals surface area contributed by atoms with Crippen LogP contribution in [0.3, 0.4) is 0 Å². The van der Waals surface area contributed by atoms with E-state index in [1.165, 1.54) is 0 Å². The summed E-state index contributed by atoms with van der Waals surface area (Å²) in [6, 6.07) is 0. The fourth-order valence-corrected chi connectivity index (χ4v) is 2.00. The van der Waals surface area contributed by atoms with Crippen molar-refractivity contribution < 1.29 is 19.5 Å². The van der Waals surface area contributed by atoms with E-state index in [1.807, 2.05) is 0 Å². The highest BCUT2D eigenvalue weighted by molar-refractivity contribution is 5.86. The maximum absolute atomic E-state index is 11.8. The summed E-state index contributed by atoms with van der Waals surface area (Å²) in [5.74, 6) is -2.19. The van der Waals surface area contributed by atoms with Crippen molar-refractivity contribution in [2.24, 2.45) is 5.73 Å². The maximum atomic E-state index is 11.8. The molecule has 0 unspecified atom stereocenters. The molecule has 7 heteroatoms. The third kappa shape index (κ3) is 5.13. The highest BCUT2D eigenvalue weighted by atomic mass is 16.4. The minimum Gasteiger partial charge on any atom is -0.480 e. The molecule has 0 aromatic heterocycles. The summed E-state index contributed by atoms with van der Waals surface area (Å²) in [4.78, 5) is 36.3. The second-order valence-corrected chi connectivity index (χ2v) is 4.41. The fourth-order valence-electron chi connectivity index (χ4n) is 2.00. The van der Waals surface area contributed by atoms with Gasteiger partial charge in [-0.1, -0.05) is 0 Å². The van der Waals surface area contributed by atoms with Gasteiger partial charge >= 0.3 is 5.97 Å². The van der Waals surface area contributed by atoms with Gasteiger partial charge in [-0.2, -0.15) is 0 Å². The monoisotopic (exact) mass is 257 g/mol. The Hall–Kier alpha value is -1.63. The van der Waals surface area contributed by atoms with Gasteiger partial charge in [-0.15, -0.1) is 0 Å². The average molecular weight is 257 g/mol. The van der Waals surface area contributed by atoms with E-state index in [2.05, 4.69) is 4.90 Å². The zero-order valence-electron chi connectivity index (χ0n) is 10.3. The van der Waals surface area contributed by atoms with Crippen LogP contribution in [0.4, 0.5) is 0 Å². The van der Waals surface area contributed by atoms with Crippen LogP contribution in [-0.2, 0) is 14.4 Å². The number of primary amides is 1. The molecule has 1 fully saturated rings. The van der Waals surface area contributed by atoms with Crippen molar-refractivity contribution in [1.82, 2.24) is 9.80 Å². The number of carbonyl (C=O) groups is 3. The Balaban J connectivity index is 2.41. The molecule has 0 saturated carbocycles. The number of nitrogens with zero attached hydrogens (tertiary/aromatic N) is 2. The Morgan fingerprint density at radius 3 is 2.28 bits per heavy atom. The summed E-state index contributed by atoms with van der Waals surface area (Å²) < 4.78 is 0. The van der Waals surface area contributed by atoms with Gasteiger partial charge in [0.15, 0.2) is 0 Å². The minimum absolute atomic E-state index is 0.223. The van der Waals surface area contributed by atoms with E-state index in [-0.39, 0.29) is 18.9 Å². The molecule has 0 spiro atoms. The van der Waals surface area contributed by atoms with Gasteiger partial charge < -0.3 is 20.6 Å². The molecule has 1 rings (SSSR count). The molecule has 18 heavy (non-hydrogen) atoms. The third-order valence-corrected chi connectivity index (χ3v) is 2.87. The second kappa shape index (κ2) is 6.95. The van der Waals surface area contributed by atoms with Gasteiger partial charge in [0.05, 0.1) is 6.54 Å². The van der Waals surface area contributed by atoms with Crippen molar-refractivity contribution in [3.05, 3.63) is 0 Å². The van der Waals surface area contributed by atoms with Crippen molar-refractivity contribution in [3.63, 3.8) is 0 Å². The molecule has 3 N–H and O–H groups in total. The van der Waals surface area contributed by atoms with E-state index >= 15 is 0 Å². The zero-order chi connectivity index (χ0) is 13.5. The molecule has 2 amide bonds. The molecular weight excluding hydrogens is 238 g/mol. The van der Waals surface area contributed by atoms with Gasteiger partial charge in [0.25, 0.3) is 0 Å². The predicted molar refractivity (Wildman–Crippen MR) is 63.7 cm³/mol. The Morgan fingerprint density at radius 2 is 1.78 bits per heavy atom. The number of hydrogen-bond donors (Lipinski definition) is 2. The largest absolute Gasteiger partial charge is 0.480 e.